The second-order valence-electron chi connectivity index (χ2n) is 8.23. The van der Waals surface area contributed by atoms with Crippen molar-refractivity contribution < 1.29 is 9.53 Å². The van der Waals surface area contributed by atoms with Gasteiger partial charge in [0.25, 0.3) is 0 Å². The second-order valence-corrected chi connectivity index (χ2v) is 11.7. The van der Waals surface area contributed by atoms with Crippen LogP contribution in [0.15, 0.2) is 73.2 Å². The number of carbonyl (C=O) groups excluding carboxylic acids is 1. The molecule has 0 unspecified atom stereocenters. The fourth-order valence-corrected chi connectivity index (χ4v) is 7.32. The topological polar surface area (TPSA) is 77.0 Å². The summed E-state index contributed by atoms with van der Waals surface area (Å²) < 4.78 is 5.32. The predicted octanol–water partition coefficient (Wildman–Crippen LogP) is 3.47. The number of amides is 1. The minimum absolute atomic E-state index is 0.382. The maximum absolute atomic E-state index is 11.9. The van der Waals surface area contributed by atoms with E-state index < -0.39 is 12.9 Å². The third kappa shape index (κ3) is 6.08. The van der Waals surface area contributed by atoms with Crippen molar-refractivity contribution in [1.82, 2.24) is 20.3 Å². The summed E-state index contributed by atoms with van der Waals surface area (Å²) in [6, 6.07) is 18.1. The largest absolute Gasteiger partial charge is 0.444 e. The van der Waals surface area contributed by atoms with Gasteiger partial charge in [-0.2, -0.15) is 0 Å². The zero-order valence-electron chi connectivity index (χ0n) is 18.4. The van der Waals surface area contributed by atoms with E-state index in [1.54, 1.807) is 0 Å². The number of hydrogen-bond acceptors (Lipinski definition) is 5. The number of carbonyl (C=O) groups is 1. The van der Waals surface area contributed by atoms with Gasteiger partial charge in [0.05, 0.1) is 6.16 Å². The minimum Gasteiger partial charge on any atom is -0.444 e. The second kappa shape index (κ2) is 10.5. The summed E-state index contributed by atoms with van der Waals surface area (Å²) in [5, 5.41) is 2.85. The lowest BCUT2D eigenvalue weighted by Gasteiger charge is -2.24. The van der Waals surface area contributed by atoms with Crippen molar-refractivity contribution in [1.29, 1.82) is 0 Å². The first-order valence-electron chi connectivity index (χ1n) is 10.5. The third-order valence-electron chi connectivity index (χ3n) is 4.71. The fraction of sp³-hybridized carbons (Fsp3) is 0.333. The van der Waals surface area contributed by atoms with E-state index in [1.165, 1.54) is 0 Å². The van der Waals surface area contributed by atoms with Crippen molar-refractivity contribution in [3.05, 3.63) is 73.2 Å². The van der Waals surface area contributed by atoms with E-state index in [9.17, 15) is 4.79 Å². The lowest BCUT2D eigenvalue weighted by Crippen LogP contribution is -2.38. The molecular formula is C24H30N4O2P+. The Hall–Kier alpha value is -2.85. The van der Waals surface area contributed by atoms with Gasteiger partial charge in [-0.15, -0.1) is 0 Å². The number of unbranched alkanes of at least 4 members (excludes halogenated alkanes) is 1. The predicted molar refractivity (Wildman–Crippen MR) is 127 cm³/mol. The minimum atomic E-state index is -2.13. The number of nitrogens with zero attached hydrogens (tertiary/aromatic N) is 3. The molecule has 0 spiro atoms. The van der Waals surface area contributed by atoms with Gasteiger partial charge in [0.15, 0.2) is 23.6 Å². The van der Waals surface area contributed by atoms with E-state index >= 15 is 0 Å². The van der Waals surface area contributed by atoms with Gasteiger partial charge in [0.1, 0.15) is 5.60 Å². The van der Waals surface area contributed by atoms with Crippen LogP contribution in [0.1, 0.15) is 33.6 Å². The summed E-state index contributed by atoms with van der Waals surface area (Å²) in [7, 11) is -2.13. The molecule has 7 heteroatoms. The third-order valence-corrected chi connectivity index (χ3v) is 8.84. The van der Waals surface area contributed by atoms with Gasteiger partial charge in [0.2, 0.25) is 0 Å². The average Bonchev–Trinajstić information content (AvgIpc) is 2.77. The van der Waals surface area contributed by atoms with E-state index in [4.69, 9.17) is 19.7 Å². The molecule has 0 atom stereocenters. The standard InChI is InChI=1S/C24H29N4O2P/c1-24(2,3)30-23(29)28-18-10-11-19-31(20-12-4-7-15-25-20,21-13-5-8-16-26-21)22-14-6-9-17-27-22/h4-9,12-17H,10-11,18-19H2,1-3H3/p+1. The van der Waals surface area contributed by atoms with Gasteiger partial charge in [-0.05, 0) is 51.8 Å². The van der Waals surface area contributed by atoms with Crippen LogP contribution in [-0.4, -0.2) is 39.4 Å². The zero-order chi connectivity index (χ0) is 22.2. The first-order chi connectivity index (χ1) is 14.9. The van der Waals surface area contributed by atoms with E-state index in [0.29, 0.717) is 6.54 Å². The Morgan fingerprint density at radius 2 is 1.32 bits per heavy atom. The van der Waals surface area contributed by atoms with Crippen LogP contribution in [0, 0.1) is 0 Å². The van der Waals surface area contributed by atoms with Crippen LogP contribution < -0.4 is 21.6 Å². The fourth-order valence-electron chi connectivity index (χ4n) is 3.41. The van der Waals surface area contributed by atoms with Gasteiger partial charge in [-0.1, -0.05) is 18.2 Å². The molecule has 0 saturated carbocycles. The molecule has 0 saturated heterocycles. The van der Waals surface area contributed by atoms with Gasteiger partial charge < -0.3 is 10.1 Å². The summed E-state index contributed by atoms with van der Waals surface area (Å²) in [5.74, 6) is 0. The summed E-state index contributed by atoms with van der Waals surface area (Å²) >= 11 is 0. The summed E-state index contributed by atoms with van der Waals surface area (Å²) in [4.78, 5) is 26.2. The molecule has 6 nitrogen and oxygen atoms in total. The maximum atomic E-state index is 11.9. The lowest BCUT2D eigenvalue weighted by atomic mass is 10.2. The molecule has 0 aliphatic rings. The molecule has 3 aromatic heterocycles. The van der Waals surface area contributed by atoms with Crippen molar-refractivity contribution in [3.8, 4) is 0 Å². The van der Waals surface area contributed by atoms with Gasteiger partial charge in [-0.25, -0.2) is 19.7 Å². The SMILES string of the molecule is CC(C)(C)OC(=O)NCCCC[P+](c1ccccn1)(c1ccccn1)c1ccccn1. The van der Waals surface area contributed by atoms with Crippen LogP contribution in [0.25, 0.3) is 0 Å². The van der Waals surface area contributed by atoms with Crippen molar-refractivity contribution in [2.75, 3.05) is 12.7 Å². The van der Waals surface area contributed by atoms with E-state index in [0.717, 1.165) is 35.3 Å². The highest BCUT2D eigenvalue weighted by Crippen LogP contribution is 2.54. The number of alkyl carbamates (subject to hydrolysis) is 1. The molecule has 31 heavy (non-hydrogen) atoms. The van der Waals surface area contributed by atoms with E-state index in [-0.39, 0.29) is 6.09 Å². The van der Waals surface area contributed by atoms with Gasteiger partial charge >= 0.3 is 6.09 Å². The van der Waals surface area contributed by atoms with Crippen molar-refractivity contribution in [3.63, 3.8) is 0 Å². The smallest absolute Gasteiger partial charge is 0.407 e. The van der Waals surface area contributed by atoms with Crippen molar-refractivity contribution >= 4 is 29.7 Å². The van der Waals surface area contributed by atoms with E-state index in [1.807, 2.05) is 75.8 Å². The Morgan fingerprint density at radius 3 is 1.71 bits per heavy atom. The highest BCUT2D eigenvalue weighted by molar-refractivity contribution is 7.95. The number of aromatic nitrogens is 3. The molecule has 0 bridgehead atoms. The molecule has 0 fully saturated rings. The Kier molecular flexibility index (Phi) is 7.69. The molecule has 3 aromatic rings. The Labute approximate surface area is 184 Å². The molecule has 0 aliphatic carbocycles. The van der Waals surface area contributed by atoms with E-state index in [2.05, 4.69) is 23.5 Å². The normalized spacial score (nSPS) is 11.7. The first-order valence-corrected chi connectivity index (χ1v) is 12.5. The Balaban J connectivity index is 1.83. The summed E-state index contributed by atoms with van der Waals surface area (Å²) in [5.41, 5.74) is 2.56. The number of pyridine rings is 3. The van der Waals surface area contributed by atoms with Crippen LogP contribution >= 0.6 is 7.26 Å². The maximum Gasteiger partial charge on any atom is 0.407 e. The van der Waals surface area contributed by atoms with Gasteiger partial charge in [-0.3, -0.25) is 0 Å². The highest BCUT2D eigenvalue weighted by Gasteiger charge is 2.49. The molecule has 0 aromatic carbocycles. The highest BCUT2D eigenvalue weighted by atomic mass is 31.2. The molecule has 3 rings (SSSR count). The van der Waals surface area contributed by atoms with Crippen LogP contribution in [0.5, 0.6) is 0 Å². The molecule has 1 N–H and O–H groups in total. The van der Waals surface area contributed by atoms with Crippen molar-refractivity contribution in [2.24, 2.45) is 0 Å². The molecular weight excluding hydrogens is 407 g/mol. The Morgan fingerprint density at radius 1 is 0.839 bits per heavy atom. The van der Waals surface area contributed by atoms with Crippen LogP contribution in [0.4, 0.5) is 4.79 Å². The van der Waals surface area contributed by atoms with Gasteiger partial charge in [0, 0.05) is 43.3 Å². The zero-order valence-corrected chi connectivity index (χ0v) is 19.3. The molecule has 162 valence electrons. The number of rotatable bonds is 8. The summed E-state index contributed by atoms with van der Waals surface area (Å²) in [6.45, 7) is 6.13. The summed E-state index contributed by atoms with van der Waals surface area (Å²) in [6.07, 6.45) is 7.71. The molecule has 1 amide bonds. The van der Waals surface area contributed by atoms with Crippen LogP contribution in [-0.2, 0) is 4.74 Å². The monoisotopic (exact) mass is 437 g/mol. The Bertz CT molecular complexity index is 851. The molecule has 0 aliphatic heterocycles. The first kappa shape index (κ1) is 22.8. The average molecular weight is 438 g/mol. The quantitative estimate of drug-likeness (QED) is 0.431. The molecule has 3 heterocycles. The lowest BCUT2D eigenvalue weighted by molar-refractivity contribution is 0.0527. The van der Waals surface area contributed by atoms with Crippen molar-refractivity contribution in [2.45, 2.75) is 39.2 Å². The number of nitrogens with one attached hydrogen (secondary N) is 1. The van der Waals surface area contributed by atoms with Crippen LogP contribution in [0.2, 0.25) is 0 Å². The number of ether oxygens (including phenoxy) is 1. The van der Waals surface area contributed by atoms with Crippen LogP contribution in [0.3, 0.4) is 0 Å². The number of hydrogen-bond donors (Lipinski definition) is 1. The molecule has 0 radical (unpaired) electrons.